The lowest BCUT2D eigenvalue weighted by molar-refractivity contribution is 0.0827. The number of amides is 1. The van der Waals surface area contributed by atoms with Crippen LogP contribution in [0.4, 0.5) is 0 Å². The van der Waals surface area contributed by atoms with Crippen molar-refractivity contribution in [3.05, 3.63) is 35.4 Å². The van der Waals surface area contributed by atoms with Crippen molar-refractivity contribution in [1.29, 1.82) is 0 Å². The van der Waals surface area contributed by atoms with Crippen molar-refractivity contribution in [2.75, 3.05) is 27.2 Å². The molecule has 0 unspecified atom stereocenters. The molecule has 150 valence electrons. The summed E-state index contributed by atoms with van der Waals surface area (Å²) in [7, 11) is 3.53. The van der Waals surface area contributed by atoms with E-state index in [1.54, 1.807) is 19.0 Å². The molecule has 5 heteroatoms. The van der Waals surface area contributed by atoms with Gasteiger partial charge in [-0.2, -0.15) is 0 Å². The number of carbonyl (C=O) groups excluding carboxylic acids is 1. The van der Waals surface area contributed by atoms with Gasteiger partial charge in [-0.1, -0.05) is 44.2 Å². The molecule has 1 fully saturated rings. The number of nitrogens with one attached hydrogen (secondary N) is 2. The van der Waals surface area contributed by atoms with Crippen LogP contribution in [0.5, 0.6) is 0 Å². The predicted molar refractivity (Wildman–Crippen MR) is 113 cm³/mol. The number of hydrogen-bond acceptors (Lipinski definition) is 2. The van der Waals surface area contributed by atoms with Crippen molar-refractivity contribution in [2.24, 2.45) is 10.9 Å². The molecular weight excluding hydrogens is 336 g/mol. The van der Waals surface area contributed by atoms with Gasteiger partial charge in [-0.3, -0.25) is 4.79 Å². The topological polar surface area (TPSA) is 56.7 Å². The van der Waals surface area contributed by atoms with E-state index in [0.717, 1.165) is 30.5 Å². The first kappa shape index (κ1) is 21.3. The third-order valence-electron chi connectivity index (χ3n) is 5.18. The number of guanidine groups is 1. The molecule has 27 heavy (non-hydrogen) atoms. The highest BCUT2D eigenvalue weighted by Gasteiger charge is 2.12. The van der Waals surface area contributed by atoms with E-state index in [1.807, 2.05) is 24.3 Å². The lowest BCUT2D eigenvalue weighted by Gasteiger charge is -2.21. The fourth-order valence-corrected chi connectivity index (χ4v) is 3.60. The maximum Gasteiger partial charge on any atom is 0.253 e. The molecule has 1 aromatic rings. The van der Waals surface area contributed by atoms with Crippen molar-refractivity contribution in [1.82, 2.24) is 15.5 Å². The van der Waals surface area contributed by atoms with Crippen molar-refractivity contribution in [2.45, 2.75) is 58.4 Å². The Bertz CT molecular complexity index is 589. The summed E-state index contributed by atoms with van der Waals surface area (Å²) in [5.74, 6) is 1.83. The maximum absolute atomic E-state index is 11.9. The van der Waals surface area contributed by atoms with E-state index in [4.69, 9.17) is 0 Å². The van der Waals surface area contributed by atoms with Crippen molar-refractivity contribution in [3.8, 4) is 0 Å². The summed E-state index contributed by atoms with van der Waals surface area (Å²) in [6.07, 6.45) is 9.63. The Morgan fingerprint density at radius 1 is 1.11 bits per heavy atom. The number of aliphatic imine (C=N–C) groups is 1. The molecule has 1 aliphatic rings. The average molecular weight is 373 g/mol. The van der Waals surface area contributed by atoms with E-state index >= 15 is 0 Å². The molecule has 1 aromatic carbocycles. The molecule has 0 atom stereocenters. The Hall–Kier alpha value is -2.04. The van der Waals surface area contributed by atoms with E-state index in [9.17, 15) is 4.79 Å². The third-order valence-corrected chi connectivity index (χ3v) is 5.18. The van der Waals surface area contributed by atoms with Gasteiger partial charge in [0.25, 0.3) is 5.91 Å². The fourth-order valence-electron chi connectivity index (χ4n) is 3.60. The maximum atomic E-state index is 11.9. The molecule has 0 aliphatic heterocycles. The van der Waals surface area contributed by atoms with Gasteiger partial charge in [0.15, 0.2) is 5.96 Å². The Morgan fingerprint density at radius 2 is 1.81 bits per heavy atom. The lowest BCUT2D eigenvalue weighted by Crippen LogP contribution is -2.37. The van der Waals surface area contributed by atoms with Gasteiger partial charge in [-0.25, -0.2) is 4.99 Å². The molecule has 1 amide bonds. The van der Waals surface area contributed by atoms with Crippen LogP contribution in [0, 0.1) is 5.92 Å². The fraction of sp³-hybridized carbons (Fsp3) is 0.636. The smallest absolute Gasteiger partial charge is 0.253 e. The van der Waals surface area contributed by atoms with Crippen molar-refractivity contribution >= 4 is 11.9 Å². The van der Waals surface area contributed by atoms with Crippen molar-refractivity contribution < 1.29 is 4.79 Å². The van der Waals surface area contributed by atoms with Crippen molar-refractivity contribution in [3.63, 3.8) is 0 Å². The van der Waals surface area contributed by atoms with Crippen LogP contribution in [0.3, 0.4) is 0 Å². The summed E-state index contributed by atoms with van der Waals surface area (Å²) < 4.78 is 0. The SMILES string of the molecule is CCNC(=NCc1ccc(C(=O)N(C)C)cc1)NCCCC1CCCCC1. The van der Waals surface area contributed by atoms with Gasteiger partial charge in [-0.05, 0) is 43.4 Å². The zero-order valence-corrected chi connectivity index (χ0v) is 17.3. The number of hydrogen-bond donors (Lipinski definition) is 2. The Morgan fingerprint density at radius 3 is 2.44 bits per heavy atom. The highest BCUT2D eigenvalue weighted by Crippen LogP contribution is 2.26. The number of nitrogens with zero attached hydrogens (tertiary/aromatic N) is 2. The number of carbonyl (C=O) groups is 1. The Labute approximate surface area is 164 Å². The minimum atomic E-state index is 0.0259. The first-order valence-electron chi connectivity index (χ1n) is 10.4. The second-order valence-electron chi connectivity index (χ2n) is 7.66. The Balaban J connectivity index is 1.78. The third kappa shape index (κ3) is 7.61. The molecule has 1 aliphatic carbocycles. The molecule has 1 saturated carbocycles. The molecule has 0 aromatic heterocycles. The second kappa shape index (κ2) is 11.6. The highest BCUT2D eigenvalue weighted by atomic mass is 16.2. The lowest BCUT2D eigenvalue weighted by atomic mass is 9.86. The van der Waals surface area contributed by atoms with E-state index in [1.165, 1.54) is 44.9 Å². The quantitative estimate of drug-likeness (QED) is 0.414. The van der Waals surface area contributed by atoms with Crippen LogP contribution < -0.4 is 10.6 Å². The van der Waals surface area contributed by atoms with E-state index in [0.29, 0.717) is 12.1 Å². The summed E-state index contributed by atoms with van der Waals surface area (Å²) in [6, 6.07) is 7.70. The van der Waals surface area contributed by atoms with Crippen LogP contribution in [-0.2, 0) is 6.54 Å². The predicted octanol–water partition coefficient (Wildman–Crippen LogP) is 3.80. The Kier molecular flexibility index (Phi) is 9.16. The van der Waals surface area contributed by atoms with Crippen LogP contribution in [0.2, 0.25) is 0 Å². The normalized spacial score (nSPS) is 15.4. The summed E-state index contributed by atoms with van der Waals surface area (Å²) in [5.41, 5.74) is 1.81. The van der Waals surface area contributed by atoms with Gasteiger partial charge in [-0.15, -0.1) is 0 Å². The molecule has 2 N–H and O–H groups in total. The van der Waals surface area contributed by atoms with Gasteiger partial charge >= 0.3 is 0 Å². The number of benzene rings is 1. The van der Waals surface area contributed by atoms with E-state index < -0.39 is 0 Å². The van der Waals surface area contributed by atoms with Crippen LogP contribution in [0.25, 0.3) is 0 Å². The molecule has 0 bridgehead atoms. The summed E-state index contributed by atoms with van der Waals surface area (Å²) in [6.45, 7) is 4.51. The van der Waals surface area contributed by atoms with Gasteiger partial charge in [0.2, 0.25) is 0 Å². The van der Waals surface area contributed by atoms with E-state index in [-0.39, 0.29) is 5.91 Å². The molecule has 0 heterocycles. The van der Waals surface area contributed by atoms with Crippen LogP contribution >= 0.6 is 0 Å². The molecular formula is C22H36N4O. The standard InChI is InChI=1S/C22H36N4O/c1-4-23-22(24-16-8-11-18-9-6-5-7-10-18)25-17-19-12-14-20(15-13-19)21(27)26(2)3/h12-15,18H,4-11,16-17H2,1-3H3,(H2,23,24,25). The van der Waals surface area contributed by atoms with Gasteiger partial charge in [0.1, 0.15) is 0 Å². The monoisotopic (exact) mass is 372 g/mol. The summed E-state index contributed by atoms with van der Waals surface area (Å²) in [4.78, 5) is 18.2. The van der Waals surface area contributed by atoms with Crippen LogP contribution in [0.1, 0.15) is 67.8 Å². The first-order chi connectivity index (χ1) is 13.1. The number of rotatable bonds is 8. The van der Waals surface area contributed by atoms with Crippen LogP contribution in [-0.4, -0.2) is 44.0 Å². The minimum absolute atomic E-state index is 0.0259. The van der Waals surface area contributed by atoms with Gasteiger partial charge in [0, 0.05) is 32.7 Å². The highest BCUT2D eigenvalue weighted by molar-refractivity contribution is 5.93. The molecule has 5 nitrogen and oxygen atoms in total. The molecule has 2 rings (SSSR count). The first-order valence-corrected chi connectivity index (χ1v) is 10.4. The zero-order chi connectivity index (χ0) is 19.5. The molecule has 0 spiro atoms. The second-order valence-corrected chi connectivity index (χ2v) is 7.66. The van der Waals surface area contributed by atoms with E-state index in [2.05, 4.69) is 22.5 Å². The molecule has 0 saturated heterocycles. The van der Waals surface area contributed by atoms with Gasteiger partial charge in [0.05, 0.1) is 6.54 Å². The summed E-state index contributed by atoms with van der Waals surface area (Å²) >= 11 is 0. The molecule has 0 radical (unpaired) electrons. The largest absolute Gasteiger partial charge is 0.357 e. The zero-order valence-electron chi connectivity index (χ0n) is 17.3. The minimum Gasteiger partial charge on any atom is -0.357 e. The average Bonchev–Trinajstić information content (AvgIpc) is 2.69. The van der Waals surface area contributed by atoms with Gasteiger partial charge < -0.3 is 15.5 Å². The van der Waals surface area contributed by atoms with Crippen LogP contribution in [0.15, 0.2) is 29.3 Å². The summed E-state index contributed by atoms with van der Waals surface area (Å²) in [5, 5.41) is 6.77.